The summed E-state index contributed by atoms with van der Waals surface area (Å²) in [5.41, 5.74) is 4.90. The van der Waals surface area contributed by atoms with Gasteiger partial charge in [0.25, 0.3) is 0 Å². The maximum Gasteiger partial charge on any atom is 0.355 e. The number of thioether (sulfide) groups is 1. The monoisotopic (exact) mass is 318 g/mol. The van der Waals surface area contributed by atoms with E-state index in [-0.39, 0.29) is 5.69 Å². The lowest BCUT2D eigenvalue weighted by Gasteiger charge is -2.14. The second-order valence-corrected chi connectivity index (χ2v) is 5.86. The van der Waals surface area contributed by atoms with Crippen LogP contribution in [-0.4, -0.2) is 32.7 Å². The van der Waals surface area contributed by atoms with Gasteiger partial charge in [0.05, 0.1) is 5.71 Å². The average Bonchev–Trinajstić information content (AvgIpc) is 2.98. The summed E-state index contributed by atoms with van der Waals surface area (Å²) in [6.07, 6.45) is 0. The SMILES string of the molecule is O=C(O)c1csc(/N=C2/NN=C(c3ccccc3)CS2)n1. The highest BCUT2D eigenvalue weighted by atomic mass is 32.2. The maximum absolute atomic E-state index is 10.8. The summed E-state index contributed by atoms with van der Waals surface area (Å²) in [5.74, 6) is -0.348. The molecule has 0 amide bonds. The number of aliphatic imine (C=N–C) groups is 1. The molecule has 1 aliphatic rings. The van der Waals surface area contributed by atoms with Crippen molar-refractivity contribution in [3.8, 4) is 0 Å². The Labute approximate surface area is 128 Å². The van der Waals surface area contributed by atoms with Gasteiger partial charge in [0.2, 0.25) is 5.13 Å². The highest BCUT2D eigenvalue weighted by molar-refractivity contribution is 8.14. The molecule has 106 valence electrons. The van der Waals surface area contributed by atoms with Crippen LogP contribution in [0.4, 0.5) is 5.13 Å². The third kappa shape index (κ3) is 3.29. The first kappa shape index (κ1) is 13.8. The Morgan fingerprint density at radius 2 is 2.14 bits per heavy atom. The maximum atomic E-state index is 10.8. The van der Waals surface area contributed by atoms with Crippen molar-refractivity contribution in [2.45, 2.75) is 0 Å². The fourth-order valence-electron chi connectivity index (χ4n) is 1.65. The molecular weight excluding hydrogens is 308 g/mol. The number of hydrazone groups is 1. The van der Waals surface area contributed by atoms with Gasteiger partial charge in [-0.15, -0.1) is 11.3 Å². The van der Waals surface area contributed by atoms with E-state index in [4.69, 9.17) is 5.11 Å². The van der Waals surface area contributed by atoms with Gasteiger partial charge < -0.3 is 5.11 Å². The quantitative estimate of drug-likeness (QED) is 0.908. The van der Waals surface area contributed by atoms with Gasteiger partial charge in [0.15, 0.2) is 10.9 Å². The number of hydrogen-bond donors (Lipinski definition) is 2. The highest BCUT2D eigenvalue weighted by Gasteiger charge is 2.14. The van der Waals surface area contributed by atoms with E-state index in [9.17, 15) is 4.79 Å². The molecule has 1 aromatic carbocycles. The Morgan fingerprint density at radius 1 is 1.33 bits per heavy atom. The van der Waals surface area contributed by atoms with Gasteiger partial charge in [-0.3, -0.25) is 5.43 Å². The molecule has 8 heteroatoms. The average molecular weight is 318 g/mol. The molecule has 0 fully saturated rings. The van der Waals surface area contributed by atoms with E-state index in [1.165, 1.54) is 28.5 Å². The van der Waals surface area contributed by atoms with Gasteiger partial charge in [-0.05, 0) is 5.56 Å². The van der Waals surface area contributed by atoms with Crippen LogP contribution in [0.25, 0.3) is 0 Å². The molecule has 2 aromatic rings. The van der Waals surface area contributed by atoms with Crippen molar-refractivity contribution in [1.82, 2.24) is 10.4 Å². The zero-order valence-corrected chi connectivity index (χ0v) is 12.3. The lowest BCUT2D eigenvalue weighted by atomic mass is 10.1. The summed E-state index contributed by atoms with van der Waals surface area (Å²) < 4.78 is 0. The number of hydrogen-bond acceptors (Lipinski definition) is 6. The van der Waals surface area contributed by atoms with Crippen molar-refractivity contribution in [2.24, 2.45) is 10.1 Å². The minimum Gasteiger partial charge on any atom is -0.476 e. The number of nitrogens with one attached hydrogen (secondary N) is 1. The van der Waals surface area contributed by atoms with Crippen LogP contribution < -0.4 is 5.43 Å². The summed E-state index contributed by atoms with van der Waals surface area (Å²) in [6.45, 7) is 0. The number of benzene rings is 1. The van der Waals surface area contributed by atoms with Crippen LogP contribution in [0.15, 0.2) is 45.8 Å². The second-order valence-electron chi connectivity index (χ2n) is 4.06. The molecule has 21 heavy (non-hydrogen) atoms. The van der Waals surface area contributed by atoms with Crippen LogP contribution >= 0.6 is 23.1 Å². The minimum absolute atomic E-state index is 0.00800. The lowest BCUT2D eigenvalue weighted by Crippen LogP contribution is -2.25. The second kappa shape index (κ2) is 6.06. The Bertz CT molecular complexity index is 725. The molecule has 2 heterocycles. The third-order valence-electron chi connectivity index (χ3n) is 2.65. The van der Waals surface area contributed by atoms with Crippen molar-refractivity contribution in [1.29, 1.82) is 0 Å². The van der Waals surface area contributed by atoms with E-state index >= 15 is 0 Å². The number of rotatable bonds is 3. The minimum atomic E-state index is -1.05. The molecular formula is C13H10N4O2S2. The molecule has 0 saturated heterocycles. The fraction of sp³-hybridized carbons (Fsp3) is 0.0769. The van der Waals surface area contributed by atoms with Crippen LogP contribution in [0.2, 0.25) is 0 Å². The first-order valence-corrected chi connectivity index (χ1v) is 7.87. The molecule has 0 saturated carbocycles. The number of amidine groups is 1. The summed E-state index contributed by atoms with van der Waals surface area (Å²) in [7, 11) is 0. The van der Waals surface area contributed by atoms with E-state index in [2.05, 4.69) is 20.5 Å². The molecule has 0 aliphatic carbocycles. The predicted molar refractivity (Wildman–Crippen MR) is 84.7 cm³/mol. The Kier molecular flexibility index (Phi) is 3.98. The standard InChI is InChI=1S/C13H10N4O2S2/c18-11(19)10-7-20-12(14-10)15-13-17-16-9(6-21-13)8-4-2-1-3-5-8/h1-5,7H,6H2,(H,18,19)(H,14,15,17). The van der Waals surface area contributed by atoms with Crippen molar-refractivity contribution in [2.75, 3.05) is 5.75 Å². The molecule has 0 spiro atoms. The van der Waals surface area contributed by atoms with Gasteiger partial charge in [-0.25, -0.2) is 9.78 Å². The van der Waals surface area contributed by atoms with Crippen LogP contribution in [0.3, 0.4) is 0 Å². The molecule has 2 N–H and O–H groups in total. The van der Waals surface area contributed by atoms with Gasteiger partial charge >= 0.3 is 5.97 Å². The number of nitrogens with zero attached hydrogens (tertiary/aromatic N) is 3. The van der Waals surface area contributed by atoms with Crippen molar-refractivity contribution in [3.63, 3.8) is 0 Å². The highest BCUT2D eigenvalue weighted by Crippen LogP contribution is 2.22. The molecule has 0 radical (unpaired) electrons. The largest absolute Gasteiger partial charge is 0.476 e. The first-order chi connectivity index (χ1) is 10.2. The smallest absolute Gasteiger partial charge is 0.355 e. The number of aromatic carboxylic acids is 1. The summed E-state index contributed by atoms with van der Waals surface area (Å²) in [4.78, 5) is 18.9. The zero-order chi connectivity index (χ0) is 14.7. The van der Waals surface area contributed by atoms with Crippen LogP contribution in [0.1, 0.15) is 16.1 Å². The number of thiazole rings is 1. The molecule has 0 unspecified atom stereocenters. The van der Waals surface area contributed by atoms with E-state index in [0.29, 0.717) is 16.1 Å². The van der Waals surface area contributed by atoms with Gasteiger partial charge in [0, 0.05) is 11.1 Å². The van der Waals surface area contributed by atoms with Crippen LogP contribution in [0.5, 0.6) is 0 Å². The normalized spacial score (nSPS) is 16.4. The summed E-state index contributed by atoms with van der Waals surface area (Å²) in [6, 6.07) is 9.90. The number of carboxylic acids is 1. The Balaban J connectivity index is 1.74. The Hall–Kier alpha value is -2.19. The van der Waals surface area contributed by atoms with Crippen molar-refractivity contribution >= 4 is 45.1 Å². The zero-order valence-electron chi connectivity index (χ0n) is 10.7. The molecule has 0 atom stereocenters. The van der Waals surface area contributed by atoms with E-state index in [0.717, 1.165) is 11.3 Å². The van der Waals surface area contributed by atoms with Crippen LogP contribution in [-0.2, 0) is 0 Å². The fourth-order valence-corrected chi connectivity index (χ4v) is 3.14. The predicted octanol–water partition coefficient (Wildman–Crippen LogP) is 2.57. The van der Waals surface area contributed by atoms with Crippen LogP contribution in [0, 0.1) is 0 Å². The topological polar surface area (TPSA) is 86.9 Å². The molecule has 3 rings (SSSR count). The van der Waals surface area contributed by atoms with E-state index < -0.39 is 5.97 Å². The molecule has 6 nitrogen and oxygen atoms in total. The van der Waals surface area contributed by atoms with Crippen molar-refractivity contribution in [3.05, 3.63) is 47.0 Å². The van der Waals surface area contributed by atoms with Crippen molar-refractivity contribution < 1.29 is 9.90 Å². The summed E-state index contributed by atoms with van der Waals surface area (Å²) in [5, 5.41) is 15.6. The van der Waals surface area contributed by atoms with E-state index in [1.807, 2.05) is 30.3 Å². The molecule has 1 aliphatic heterocycles. The number of aromatic nitrogens is 1. The number of carbonyl (C=O) groups is 1. The molecule has 1 aromatic heterocycles. The third-order valence-corrected chi connectivity index (χ3v) is 4.26. The first-order valence-electron chi connectivity index (χ1n) is 6.00. The summed E-state index contributed by atoms with van der Waals surface area (Å²) >= 11 is 2.69. The number of carboxylic acid groups (broad SMARTS) is 1. The molecule has 0 bridgehead atoms. The van der Waals surface area contributed by atoms with Gasteiger partial charge in [0.1, 0.15) is 0 Å². The lowest BCUT2D eigenvalue weighted by molar-refractivity contribution is 0.0691. The van der Waals surface area contributed by atoms with E-state index in [1.54, 1.807) is 0 Å². The Morgan fingerprint density at radius 3 is 2.76 bits per heavy atom. The van der Waals surface area contributed by atoms with Gasteiger partial charge in [-0.2, -0.15) is 10.1 Å². The van der Waals surface area contributed by atoms with Gasteiger partial charge in [-0.1, -0.05) is 42.1 Å².